The number of hydrogen-bond donors (Lipinski definition) is 2. The molecule has 0 aliphatic heterocycles. The molecule has 0 saturated carbocycles. The van der Waals surface area contributed by atoms with Crippen molar-refractivity contribution in [2.75, 3.05) is 6.54 Å². The van der Waals surface area contributed by atoms with Crippen molar-refractivity contribution in [3.05, 3.63) is 58.0 Å². The number of halogens is 2. The van der Waals surface area contributed by atoms with E-state index < -0.39 is 0 Å². The van der Waals surface area contributed by atoms with Gasteiger partial charge in [0.25, 0.3) is 5.91 Å². The van der Waals surface area contributed by atoms with E-state index in [1.807, 2.05) is 12.1 Å². The minimum atomic E-state index is -0.115. The zero-order valence-corrected chi connectivity index (χ0v) is 15.5. The molecule has 2 rings (SSSR count). The van der Waals surface area contributed by atoms with Crippen LogP contribution in [0.3, 0.4) is 0 Å². The number of carbonyl (C=O) groups excluding carboxylic acids is 1. The fourth-order valence-electron chi connectivity index (χ4n) is 2.30. The van der Waals surface area contributed by atoms with Crippen LogP contribution < -0.4 is 11.1 Å². The van der Waals surface area contributed by atoms with Gasteiger partial charge in [-0.15, -0.1) is 12.4 Å². The Bertz CT molecular complexity index is 631. The highest BCUT2D eigenvalue weighted by molar-refractivity contribution is 9.10. The quantitative estimate of drug-likeness (QED) is 0.739. The fraction of sp³-hybridized carbons (Fsp3) is 0.353. The van der Waals surface area contributed by atoms with Crippen molar-refractivity contribution in [2.45, 2.75) is 26.3 Å². The summed E-state index contributed by atoms with van der Waals surface area (Å²) in [6.45, 7) is 3.08. The van der Waals surface area contributed by atoms with Crippen LogP contribution in [0, 0.1) is 5.92 Å². The van der Waals surface area contributed by atoms with E-state index in [0.29, 0.717) is 30.3 Å². The standard InChI is InChI=1S/C17H21BrN2O2.ClH/c1-2-12(6-13-4-3-5-15(18)7-13)10-20-17(21)14-8-16(9-19)22-11-14;/h3-5,7-8,11-12H,2,6,9-10,19H2,1H3,(H,20,21);1H. The molecule has 23 heavy (non-hydrogen) atoms. The molecule has 1 aromatic heterocycles. The number of hydrogen-bond acceptors (Lipinski definition) is 3. The first kappa shape index (κ1) is 19.7. The van der Waals surface area contributed by atoms with E-state index in [1.165, 1.54) is 11.8 Å². The van der Waals surface area contributed by atoms with Gasteiger partial charge in [-0.2, -0.15) is 0 Å². The SMILES string of the molecule is CCC(CNC(=O)c1coc(CN)c1)Cc1cccc(Br)c1.Cl. The molecule has 0 fully saturated rings. The lowest BCUT2D eigenvalue weighted by molar-refractivity contribution is 0.0946. The highest BCUT2D eigenvalue weighted by Crippen LogP contribution is 2.17. The molecule has 126 valence electrons. The first-order chi connectivity index (χ1) is 10.6. The molecule has 0 aliphatic carbocycles. The van der Waals surface area contributed by atoms with Gasteiger partial charge in [0.05, 0.1) is 12.1 Å². The lowest BCUT2D eigenvalue weighted by Crippen LogP contribution is -2.29. The number of rotatable bonds is 7. The van der Waals surface area contributed by atoms with Crippen LogP contribution in [0.5, 0.6) is 0 Å². The number of furan rings is 1. The maximum absolute atomic E-state index is 12.1. The summed E-state index contributed by atoms with van der Waals surface area (Å²) in [5, 5.41) is 2.97. The van der Waals surface area contributed by atoms with Crippen molar-refractivity contribution >= 4 is 34.2 Å². The topological polar surface area (TPSA) is 68.3 Å². The summed E-state index contributed by atoms with van der Waals surface area (Å²) in [4.78, 5) is 12.1. The van der Waals surface area contributed by atoms with Crippen molar-refractivity contribution in [3.63, 3.8) is 0 Å². The number of nitrogens with one attached hydrogen (secondary N) is 1. The fourth-order valence-corrected chi connectivity index (χ4v) is 2.75. The van der Waals surface area contributed by atoms with E-state index in [-0.39, 0.29) is 18.3 Å². The summed E-state index contributed by atoms with van der Waals surface area (Å²) < 4.78 is 6.27. The molecule has 3 N–H and O–H groups in total. The molecule has 2 aromatic rings. The molecular formula is C17H22BrClN2O2. The van der Waals surface area contributed by atoms with E-state index in [0.717, 1.165) is 17.3 Å². The first-order valence-electron chi connectivity index (χ1n) is 7.42. The van der Waals surface area contributed by atoms with Crippen LogP contribution in [0.1, 0.15) is 35.0 Å². The van der Waals surface area contributed by atoms with Crippen molar-refractivity contribution in [1.29, 1.82) is 0 Å². The number of amides is 1. The van der Waals surface area contributed by atoms with Gasteiger partial charge in [0, 0.05) is 11.0 Å². The normalized spacial score (nSPS) is 11.6. The largest absolute Gasteiger partial charge is 0.467 e. The Morgan fingerprint density at radius 3 is 2.78 bits per heavy atom. The van der Waals surface area contributed by atoms with E-state index in [4.69, 9.17) is 10.2 Å². The number of benzene rings is 1. The van der Waals surface area contributed by atoms with Crippen molar-refractivity contribution in [3.8, 4) is 0 Å². The summed E-state index contributed by atoms with van der Waals surface area (Å²) in [7, 11) is 0. The average Bonchev–Trinajstić information content (AvgIpc) is 3.00. The molecule has 1 amide bonds. The van der Waals surface area contributed by atoms with Gasteiger partial charge in [0.1, 0.15) is 12.0 Å². The minimum absolute atomic E-state index is 0. The van der Waals surface area contributed by atoms with E-state index in [9.17, 15) is 4.79 Å². The molecule has 4 nitrogen and oxygen atoms in total. The van der Waals surface area contributed by atoms with Crippen molar-refractivity contribution in [1.82, 2.24) is 5.32 Å². The Hall–Kier alpha value is -1.30. The molecule has 1 unspecified atom stereocenters. The molecule has 1 heterocycles. The molecule has 0 radical (unpaired) electrons. The maximum Gasteiger partial charge on any atom is 0.254 e. The van der Waals surface area contributed by atoms with E-state index in [1.54, 1.807) is 6.07 Å². The Kier molecular flexibility index (Phi) is 8.37. The second-order valence-electron chi connectivity index (χ2n) is 5.32. The molecule has 6 heteroatoms. The third-order valence-electron chi connectivity index (χ3n) is 3.66. The average molecular weight is 402 g/mol. The predicted molar refractivity (Wildman–Crippen MR) is 97.8 cm³/mol. The van der Waals surface area contributed by atoms with Crippen LogP contribution in [0.15, 0.2) is 45.5 Å². The molecule has 0 bridgehead atoms. The zero-order chi connectivity index (χ0) is 15.9. The van der Waals surface area contributed by atoms with Gasteiger partial charge in [0.2, 0.25) is 0 Å². The van der Waals surface area contributed by atoms with E-state index in [2.05, 4.69) is 40.3 Å². The molecule has 0 saturated heterocycles. The molecule has 1 aromatic carbocycles. The van der Waals surface area contributed by atoms with Gasteiger partial charge in [-0.1, -0.05) is 41.4 Å². The monoisotopic (exact) mass is 400 g/mol. The molecular weight excluding hydrogens is 380 g/mol. The minimum Gasteiger partial charge on any atom is -0.467 e. The third kappa shape index (κ3) is 6.01. The zero-order valence-electron chi connectivity index (χ0n) is 13.0. The number of nitrogens with two attached hydrogens (primary N) is 1. The van der Waals surface area contributed by atoms with Gasteiger partial charge in [-0.05, 0) is 36.1 Å². The van der Waals surface area contributed by atoms with Crippen LogP contribution in [0.2, 0.25) is 0 Å². The summed E-state index contributed by atoms with van der Waals surface area (Å²) in [6, 6.07) is 9.96. The smallest absolute Gasteiger partial charge is 0.254 e. The lowest BCUT2D eigenvalue weighted by Gasteiger charge is -2.15. The summed E-state index contributed by atoms with van der Waals surface area (Å²) in [6.07, 6.45) is 3.40. The Balaban J connectivity index is 0.00000264. The highest BCUT2D eigenvalue weighted by Gasteiger charge is 2.13. The summed E-state index contributed by atoms with van der Waals surface area (Å²) >= 11 is 3.49. The highest BCUT2D eigenvalue weighted by atomic mass is 79.9. The summed E-state index contributed by atoms with van der Waals surface area (Å²) in [5.41, 5.74) is 7.27. The Morgan fingerprint density at radius 2 is 2.17 bits per heavy atom. The second kappa shape index (κ2) is 9.75. The molecule has 0 spiro atoms. The van der Waals surface area contributed by atoms with Crippen LogP contribution in [-0.2, 0) is 13.0 Å². The van der Waals surface area contributed by atoms with Crippen LogP contribution in [0.25, 0.3) is 0 Å². The first-order valence-corrected chi connectivity index (χ1v) is 8.21. The third-order valence-corrected chi connectivity index (χ3v) is 4.15. The number of carbonyl (C=O) groups is 1. The Morgan fingerprint density at radius 1 is 1.39 bits per heavy atom. The van der Waals surface area contributed by atoms with Gasteiger partial charge in [-0.25, -0.2) is 0 Å². The van der Waals surface area contributed by atoms with Gasteiger partial charge >= 0.3 is 0 Å². The summed E-state index contributed by atoms with van der Waals surface area (Å²) in [5.74, 6) is 0.904. The van der Waals surface area contributed by atoms with Crippen molar-refractivity contribution in [2.24, 2.45) is 11.7 Å². The lowest BCUT2D eigenvalue weighted by atomic mass is 9.97. The van der Waals surface area contributed by atoms with Gasteiger partial charge in [0.15, 0.2) is 0 Å². The molecule has 0 aliphatic rings. The Labute approximate surface area is 151 Å². The van der Waals surface area contributed by atoms with Crippen molar-refractivity contribution < 1.29 is 9.21 Å². The second-order valence-corrected chi connectivity index (χ2v) is 6.24. The van der Waals surface area contributed by atoms with Crippen LogP contribution in [0.4, 0.5) is 0 Å². The van der Waals surface area contributed by atoms with Gasteiger partial charge in [-0.3, -0.25) is 4.79 Å². The van der Waals surface area contributed by atoms with E-state index >= 15 is 0 Å². The maximum atomic E-state index is 12.1. The molecule has 1 atom stereocenters. The van der Waals surface area contributed by atoms with Crippen LogP contribution in [-0.4, -0.2) is 12.5 Å². The van der Waals surface area contributed by atoms with Crippen LogP contribution >= 0.6 is 28.3 Å². The predicted octanol–water partition coefficient (Wildman–Crippen LogP) is 3.92. The van der Waals surface area contributed by atoms with Gasteiger partial charge < -0.3 is 15.5 Å².